The third-order valence-corrected chi connectivity index (χ3v) is 5.10. The maximum absolute atomic E-state index is 12.4. The molecule has 4 nitrogen and oxygen atoms in total. The lowest BCUT2D eigenvalue weighted by Crippen LogP contribution is -2.42. The number of carbonyl (C=O) groups excluding carboxylic acids is 2. The molecule has 6 heteroatoms. The molecule has 0 bridgehead atoms. The fourth-order valence-corrected chi connectivity index (χ4v) is 3.31. The summed E-state index contributed by atoms with van der Waals surface area (Å²) in [5.74, 6) is 0.00580. The number of hydrogen-bond donors (Lipinski definition) is 1. The molecule has 3 rings (SSSR count). The number of benzene rings is 2. The molecule has 2 amide bonds. The third-order valence-electron chi connectivity index (χ3n) is 4.60. The van der Waals surface area contributed by atoms with Crippen LogP contribution in [0, 0.1) is 5.92 Å². The molecule has 0 aromatic heterocycles. The first kappa shape index (κ1) is 18.7. The Balaban J connectivity index is 1.48. The molecule has 1 fully saturated rings. The van der Waals surface area contributed by atoms with Crippen LogP contribution < -0.4 is 5.32 Å². The second-order valence-electron chi connectivity index (χ2n) is 6.45. The lowest BCUT2D eigenvalue weighted by Gasteiger charge is -2.31. The van der Waals surface area contributed by atoms with Crippen LogP contribution in [-0.4, -0.2) is 29.8 Å². The normalized spacial score (nSPS) is 14.9. The largest absolute Gasteiger partial charge is 0.342 e. The van der Waals surface area contributed by atoms with E-state index in [-0.39, 0.29) is 17.7 Å². The van der Waals surface area contributed by atoms with Gasteiger partial charge in [0, 0.05) is 34.7 Å². The Morgan fingerprint density at radius 3 is 2.04 bits per heavy atom. The first-order chi connectivity index (χ1) is 12.5. The van der Waals surface area contributed by atoms with Gasteiger partial charge in [-0.05, 0) is 54.8 Å². The Labute approximate surface area is 163 Å². The fraction of sp³-hybridized carbons (Fsp3) is 0.300. The second kappa shape index (κ2) is 8.56. The minimum Gasteiger partial charge on any atom is -0.342 e. The van der Waals surface area contributed by atoms with E-state index in [4.69, 9.17) is 23.2 Å². The molecule has 136 valence electrons. The number of anilines is 1. The van der Waals surface area contributed by atoms with Gasteiger partial charge in [0.15, 0.2) is 0 Å². The number of carbonyl (C=O) groups is 2. The molecule has 0 saturated carbocycles. The Bertz CT molecular complexity index is 700. The van der Waals surface area contributed by atoms with E-state index in [1.807, 2.05) is 17.0 Å². The quantitative estimate of drug-likeness (QED) is 0.839. The van der Waals surface area contributed by atoms with Crippen molar-refractivity contribution in [3.8, 4) is 0 Å². The summed E-state index contributed by atoms with van der Waals surface area (Å²) in [7, 11) is 0. The number of likely N-dealkylation sites (tertiary alicyclic amines) is 1. The molecule has 0 radical (unpaired) electrons. The predicted octanol–water partition coefficient (Wildman–Crippen LogP) is 4.41. The van der Waals surface area contributed by atoms with Gasteiger partial charge in [0.05, 0.1) is 6.42 Å². The minimum absolute atomic E-state index is 0.00266. The number of nitrogens with one attached hydrogen (secondary N) is 1. The Kier molecular flexibility index (Phi) is 6.17. The van der Waals surface area contributed by atoms with Crippen LogP contribution >= 0.6 is 23.2 Å². The van der Waals surface area contributed by atoms with Crippen molar-refractivity contribution in [2.45, 2.75) is 19.3 Å². The van der Waals surface area contributed by atoms with E-state index < -0.39 is 0 Å². The first-order valence-electron chi connectivity index (χ1n) is 8.60. The molecular weight excluding hydrogens is 371 g/mol. The zero-order valence-electron chi connectivity index (χ0n) is 14.3. The molecule has 1 aliphatic heterocycles. The van der Waals surface area contributed by atoms with Crippen molar-refractivity contribution >= 4 is 40.7 Å². The highest BCUT2D eigenvalue weighted by molar-refractivity contribution is 6.30. The van der Waals surface area contributed by atoms with Gasteiger partial charge in [-0.2, -0.15) is 0 Å². The maximum atomic E-state index is 12.4. The highest BCUT2D eigenvalue weighted by Gasteiger charge is 2.27. The monoisotopic (exact) mass is 390 g/mol. The second-order valence-corrected chi connectivity index (χ2v) is 7.33. The molecule has 1 saturated heterocycles. The van der Waals surface area contributed by atoms with Gasteiger partial charge in [-0.25, -0.2) is 0 Å². The fourth-order valence-electron chi connectivity index (χ4n) is 3.06. The minimum atomic E-state index is -0.0785. The van der Waals surface area contributed by atoms with Crippen molar-refractivity contribution in [3.63, 3.8) is 0 Å². The third kappa shape index (κ3) is 4.99. The van der Waals surface area contributed by atoms with Crippen molar-refractivity contribution in [1.82, 2.24) is 4.90 Å². The lowest BCUT2D eigenvalue weighted by atomic mass is 9.95. The molecule has 0 aliphatic carbocycles. The summed E-state index contributed by atoms with van der Waals surface area (Å²) in [6.07, 6.45) is 1.70. The summed E-state index contributed by atoms with van der Waals surface area (Å²) < 4.78 is 0. The van der Waals surface area contributed by atoms with E-state index in [1.165, 1.54) is 0 Å². The summed E-state index contributed by atoms with van der Waals surface area (Å²) >= 11 is 11.7. The molecule has 0 atom stereocenters. The van der Waals surface area contributed by atoms with Crippen LogP contribution in [0.1, 0.15) is 18.4 Å². The highest BCUT2D eigenvalue weighted by Crippen LogP contribution is 2.21. The van der Waals surface area contributed by atoms with Gasteiger partial charge < -0.3 is 10.2 Å². The van der Waals surface area contributed by atoms with Crippen LogP contribution in [0.5, 0.6) is 0 Å². The smallest absolute Gasteiger partial charge is 0.227 e. The summed E-state index contributed by atoms with van der Waals surface area (Å²) in [5, 5.41) is 4.21. The molecule has 0 unspecified atom stereocenters. The van der Waals surface area contributed by atoms with Gasteiger partial charge in [-0.3, -0.25) is 9.59 Å². The van der Waals surface area contributed by atoms with E-state index in [1.54, 1.807) is 36.4 Å². The van der Waals surface area contributed by atoms with Crippen molar-refractivity contribution < 1.29 is 9.59 Å². The number of hydrogen-bond acceptors (Lipinski definition) is 2. The number of piperidine rings is 1. The lowest BCUT2D eigenvalue weighted by molar-refractivity contribution is -0.133. The van der Waals surface area contributed by atoms with E-state index in [9.17, 15) is 9.59 Å². The average molecular weight is 391 g/mol. The van der Waals surface area contributed by atoms with Crippen molar-refractivity contribution in [3.05, 3.63) is 64.1 Å². The summed E-state index contributed by atoms with van der Waals surface area (Å²) in [6.45, 7) is 1.20. The average Bonchev–Trinajstić information content (AvgIpc) is 2.65. The van der Waals surface area contributed by atoms with Crippen LogP contribution in [0.15, 0.2) is 48.5 Å². The van der Waals surface area contributed by atoms with Gasteiger partial charge in [-0.1, -0.05) is 35.3 Å². The van der Waals surface area contributed by atoms with E-state index in [0.29, 0.717) is 42.4 Å². The molecule has 0 spiro atoms. The molecule has 2 aromatic carbocycles. The summed E-state index contributed by atoms with van der Waals surface area (Å²) in [5.41, 5.74) is 1.68. The molecule has 1 N–H and O–H groups in total. The molecule has 1 aliphatic rings. The van der Waals surface area contributed by atoms with Crippen molar-refractivity contribution in [1.29, 1.82) is 0 Å². The summed E-state index contributed by atoms with van der Waals surface area (Å²) in [4.78, 5) is 26.7. The SMILES string of the molecule is O=C(Nc1ccc(Cl)cc1)C1CCN(C(=O)Cc2ccc(Cl)cc2)CC1. The molecular formula is C20H20Cl2N2O2. The van der Waals surface area contributed by atoms with Gasteiger partial charge >= 0.3 is 0 Å². The van der Waals surface area contributed by atoms with Crippen LogP contribution in [-0.2, 0) is 16.0 Å². The van der Waals surface area contributed by atoms with Crippen LogP contribution in [0.3, 0.4) is 0 Å². The van der Waals surface area contributed by atoms with Gasteiger partial charge in [0.1, 0.15) is 0 Å². The van der Waals surface area contributed by atoms with E-state index >= 15 is 0 Å². The number of halogens is 2. The highest BCUT2D eigenvalue weighted by atomic mass is 35.5. The Hall–Kier alpha value is -2.04. The molecule has 1 heterocycles. The van der Waals surface area contributed by atoms with Gasteiger partial charge in [0.25, 0.3) is 0 Å². The number of amides is 2. The maximum Gasteiger partial charge on any atom is 0.227 e. The topological polar surface area (TPSA) is 49.4 Å². The zero-order valence-corrected chi connectivity index (χ0v) is 15.8. The van der Waals surface area contributed by atoms with E-state index in [0.717, 1.165) is 11.3 Å². The van der Waals surface area contributed by atoms with Crippen LogP contribution in [0.25, 0.3) is 0 Å². The summed E-state index contributed by atoms with van der Waals surface area (Å²) in [6, 6.07) is 14.4. The Morgan fingerprint density at radius 2 is 1.46 bits per heavy atom. The van der Waals surface area contributed by atoms with E-state index in [2.05, 4.69) is 5.32 Å². The number of rotatable bonds is 4. The molecule has 2 aromatic rings. The zero-order chi connectivity index (χ0) is 18.5. The van der Waals surface area contributed by atoms with Crippen LogP contribution in [0.4, 0.5) is 5.69 Å². The number of nitrogens with zero attached hydrogens (tertiary/aromatic N) is 1. The predicted molar refractivity (Wildman–Crippen MR) is 105 cm³/mol. The molecule has 26 heavy (non-hydrogen) atoms. The standard InChI is InChI=1S/C20H20Cl2N2O2/c21-16-3-1-14(2-4-16)13-19(25)24-11-9-15(10-12-24)20(26)23-18-7-5-17(22)6-8-18/h1-8,15H,9-13H2,(H,23,26). The Morgan fingerprint density at radius 1 is 0.923 bits per heavy atom. The van der Waals surface area contributed by atoms with Crippen LogP contribution in [0.2, 0.25) is 10.0 Å². The van der Waals surface area contributed by atoms with Crippen molar-refractivity contribution in [2.75, 3.05) is 18.4 Å². The van der Waals surface area contributed by atoms with Crippen molar-refractivity contribution in [2.24, 2.45) is 5.92 Å². The van der Waals surface area contributed by atoms with Gasteiger partial charge in [-0.15, -0.1) is 0 Å². The van der Waals surface area contributed by atoms with Gasteiger partial charge in [0.2, 0.25) is 11.8 Å². The first-order valence-corrected chi connectivity index (χ1v) is 9.35.